The van der Waals surface area contributed by atoms with Crippen molar-refractivity contribution in [1.29, 1.82) is 5.26 Å². The van der Waals surface area contributed by atoms with E-state index in [4.69, 9.17) is 14.4 Å². The van der Waals surface area contributed by atoms with E-state index in [-0.39, 0.29) is 6.61 Å². The molecule has 25 heavy (non-hydrogen) atoms. The molecule has 0 radical (unpaired) electrons. The molecule has 0 amide bonds. The van der Waals surface area contributed by atoms with E-state index in [0.717, 1.165) is 16.5 Å². The second-order valence-corrected chi connectivity index (χ2v) is 5.79. The number of ether oxygens (including phenoxy) is 1. The molecule has 1 aromatic heterocycles. The van der Waals surface area contributed by atoms with E-state index in [0.29, 0.717) is 22.3 Å². The van der Waals surface area contributed by atoms with Crippen molar-refractivity contribution in [1.82, 2.24) is 0 Å². The number of aryl methyl sites for hydroxylation is 2. The number of carbonyl (C=O) groups excluding carboxylic acids is 1. The molecule has 5 heteroatoms. The average Bonchev–Trinajstić information content (AvgIpc) is 2.61. The Balaban J connectivity index is 1.90. The molecule has 0 unspecified atom stereocenters. The predicted octanol–water partition coefficient (Wildman–Crippen LogP) is 3.64. The molecule has 0 spiro atoms. The van der Waals surface area contributed by atoms with Gasteiger partial charge in [0.05, 0.1) is 17.2 Å². The minimum atomic E-state index is -0.553. The van der Waals surface area contributed by atoms with Crippen LogP contribution in [0, 0.1) is 25.2 Å². The lowest BCUT2D eigenvalue weighted by Gasteiger charge is -2.09. The maximum atomic E-state index is 12.2. The normalized spacial score (nSPS) is 10.4. The summed E-state index contributed by atoms with van der Waals surface area (Å²) < 4.78 is 10.5. The quantitative estimate of drug-likeness (QED) is 0.540. The molecule has 0 saturated heterocycles. The van der Waals surface area contributed by atoms with Gasteiger partial charge < -0.3 is 9.15 Å². The van der Waals surface area contributed by atoms with Crippen molar-refractivity contribution in [2.24, 2.45) is 0 Å². The number of esters is 1. The minimum absolute atomic E-state index is 0.0553. The highest BCUT2D eigenvalue weighted by Gasteiger charge is 2.12. The summed E-state index contributed by atoms with van der Waals surface area (Å²) in [5.41, 5.74) is 3.29. The van der Waals surface area contributed by atoms with Crippen molar-refractivity contribution >= 4 is 16.9 Å². The molecule has 1 heterocycles. The van der Waals surface area contributed by atoms with Crippen LogP contribution in [0.4, 0.5) is 0 Å². The Bertz CT molecular complexity index is 1070. The Kier molecular flexibility index (Phi) is 4.36. The molecule has 0 saturated carbocycles. The predicted molar refractivity (Wildman–Crippen MR) is 92.2 cm³/mol. The monoisotopic (exact) mass is 333 g/mol. The van der Waals surface area contributed by atoms with E-state index >= 15 is 0 Å². The Morgan fingerprint density at radius 3 is 2.68 bits per heavy atom. The number of nitrogens with zero attached hydrogens (tertiary/aromatic N) is 1. The van der Waals surface area contributed by atoms with Crippen LogP contribution in [-0.4, -0.2) is 5.97 Å². The van der Waals surface area contributed by atoms with Crippen LogP contribution >= 0.6 is 0 Å². The summed E-state index contributed by atoms with van der Waals surface area (Å²) in [5.74, 6) is -0.553. The number of carbonyl (C=O) groups is 1. The van der Waals surface area contributed by atoms with Crippen LogP contribution < -0.4 is 5.63 Å². The third-order valence-corrected chi connectivity index (χ3v) is 4.03. The van der Waals surface area contributed by atoms with Gasteiger partial charge in [-0.2, -0.15) is 5.26 Å². The molecule has 0 aliphatic rings. The maximum absolute atomic E-state index is 12.2. The molecule has 3 rings (SSSR count). The summed E-state index contributed by atoms with van der Waals surface area (Å²) in [6.07, 6.45) is 0. The number of rotatable bonds is 3. The second kappa shape index (κ2) is 6.62. The molecule has 0 bridgehead atoms. The lowest BCUT2D eigenvalue weighted by molar-refractivity contribution is 0.0474. The van der Waals surface area contributed by atoms with E-state index < -0.39 is 11.6 Å². The SMILES string of the molecule is Cc1cc2oc(=O)cc(COC(=O)c3cccc(C#N)c3)c2cc1C. The minimum Gasteiger partial charge on any atom is -0.457 e. The van der Waals surface area contributed by atoms with E-state index in [1.807, 2.05) is 26.0 Å². The highest BCUT2D eigenvalue weighted by Crippen LogP contribution is 2.22. The van der Waals surface area contributed by atoms with Crippen LogP contribution in [0.15, 0.2) is 51.7 Å². The first kappa shape index (κ1) is 16.5. The summed E-state index contributed by atoms with van der Waals surface area (Å²) in [6.45, 7) is 3.84. The van der Waals surface area contributed by atoms with Crippen LogP contribution in [0.3, 0.4) is 0 Å². The zero-order valence-electron chi connectivity index (χ0n) is 13.8. The van der Waals surface area contributed by atoms with Crippen molar-refractivity contribution in [2.45, 2.75) is 20.5 Å². The van der Waals surface area contributed by atoms with Crippen molar-refractivity contribution in [3.05, 3.63) is 80.7 Å². The fourth-order valence-corrected chi connectivity index (χ4v) is 2.54. The van der Waals surface area contributed by atoms with Crippen LogP contribution in [0.5, 0.6) is 0 Å². The molecule has 124 valence electrons. The highest BCUT2D eigenvalue weighted by molar-refractivity contribution is 5.90. The van der Waals surface area contributed by atoms with Crippen molar-refractivity contribution in [3.8, 4) is 6.07 Å². The van der Waals surface area contributed by atoms with Crippen LogP contribution in [0.1, 0.15) is 32.6 Å². The van der Waals surface area contributed by atoms with Crippen LogP contribution in [-0.2, 0) is 11.3 Å². The third kappa shape index (κ3) is 3.43. The maximum Gasteiger partial charge on any atom is 0.338 e. The zero-order chi connectivity index (χ0) is 18.0. The van der Waals surface area contributed by atoms with E-state index in [2.05, 4.69) is 0 Å². The van der Waals surface area contributed by atoms with E-state index in [1.54, 1.807) is 24.3 Å². The smallest absolute Gasteiger partial charge is 0.338 e. The number of hydrogen-bond acceptors (Lipinski definition) is 5. The van der Waals surface area contributed by atoms with Gasteiger partial charge in [0.1, 0.15) is 12.2 Å². The van der Waals surface area contributed by atoms with Gasteiger partial charge in [-0.25, -0.2) is 9.59 Å². The van der Waals surface area contributed by atoms with Gasteiger partial charge in [0.25, 0.3) is 0 Å². The van der Waals surface area contributed by atoms with Gasteiger partial charge in [-0.3, -0.25) is 0 Å². The fourth-order valence-electron chi connectivity index (χ4n) is 2.54. The van der Waals surface area contributed by atoms with Crippen molar-refractivity contribution in [2.75, 3.05) is 0 Å². The number of benzene rings is 2. The van der Waals surface area contributed by atoms with Gasteiger partial charge in [-0.1, -0.05) is 6.07 Å². The Morgan fingerprint density at radius 2 is 1.92 bits per heavy atom. The fraction of sp³-hybridized carbons (Fsp3) is 0.150. The summed E-state index contributed by atoms with van der Waals surface area (Å²) in [6, 6.07) is 13.3. The standard InChI is InChI=1S/C20H15NO4/c1-12-6-17-16(9-19(22)25-18(17)7-13(12)2)11-24-20(23)15-5-3-4-14(8-15)10-21/h3-9H,11H2,1-2H3. The number of hydrogen-bond donors (Lipinski definition) is 0. The lowest BCUT2D eigenvalue weighted by Crippen LogP contribution is -2.08. The summed E-state index contributed by atoms with van der Waals surface area (Å²) >= 11 is 0. The number of fused-ring (bicyclic) bond motifs is 1. The molecule has 3 aromatic rings. The number of nitriles is 1. The van der Waals surface area contributed by atoms with Gasteiger partial charge in [0.15, 0.2) is 0 Å². The highest BCUT2D eigenvalue weighted by atomic mass is 16.5. The second-order valence-electron chi connectivity index (χ2n) is 5.79. The lowest BCUT2D eigenvalue weighted by atomic mass is 10.0. The zero-order valence-corrected chi connectivity index (χ0v) is 13.8. The van der Waals surface area contributed by atoms with Gasteiger partial charge in [0.2, 0.25) is 0 Å². The Hall–Kier alpha value is -3.39. The molecule has 0 aliphatic carbocycles. The molecule has 5 nitrogen and oxygen atoms in total. The molecule has 0 fully saturated rings. The third-order valence-electron chi connectivity index (χ3n) is 4.03. The largest absolute Gasteiger partial charge is 0.457 e. The van der Waals surface area contributed by atoms with Gasteiger partial charge in [-0.05, 0) is 55.3 Å². The molecular weight excluding hydrogens is 318 g/mol. The van der Waals surface area contributed by atoms with Gasteiger partial charge in [0, 0.05) is 17.0 Å². The summed E-state index contributed by atoms with van der Waals surface area (Å²) in [7, 11) is 0. The molecule has 0 aliphatic heterocycles. The van der Waals surface area contributed by atoms with Crippen molar-refractivity contribution in [3.63, 3.8) is 0 Å². The van der Waals surface area contributed by atoms with Crippen molar-refractivity contribution < 1.29 is 13.9 Å². The topological polar surface area (TPSA) is 80.3 Å². The van der Waals surface area contributed by atoms with Gasteiger partial charge >= 0.3 is 11.6 Å². The van der Waals surface area contributed by atoms with Crippen LogP contribution in [0.25, 0.3) is 11.0 Å². The Labute approximate surface area is 144 Å². The first-order valence-electron chi connectivity index (χ1n) is 7.69. The summed E-state index contributed by atoms with van der Waals surface area (Å²) in [4.78, 5) is 24.0. The first-order chi connectivity index (χ1) is 12.0. The summed E-state index contributed by atoms with van der Waals surface area (Å²) in [5, 5.41) is 9.64. The van der Waals surface area contributed by atoms with Gasteiger partial charge in [-0.15, -0.1) is 0 Å². The molecule has 2 aromatic carbocycles. The van der Waals surface area contributed by atoms with E-state index in [1.165, 1.54) is 12.1 Å². The molecule has 0 atom stereocenters. The average molecular weight is 333 g/mol. The Morgan fingerprint density at radius 1 is 1.16 bits per heavy atom. The van der Waals surface area contributed by atoms with E-state index in [9.17, 15) is 9.59 Å². The van der Waals surface area contributed by atoms with Crippen LogP contribution in [0.2, 0.25) is 0 Å². The molecule has 0 N–H and O–H groups in total. The molecular formula is C20H15NO4. The first-order valence-corrected chi connectivity index (χ1v) is 7.69.